The number of Topliss-reactive ketones (excluding diaryl/α,β-unsaturated/α-hetero) is 1. The topological polar surface area (TPSA) is 87.0 Å². The van der Waals surface area contributed by atoms with Crippen molar-refractivity contribution in [3.63, 3.8) is 0 Å². The van der Waals surface area contributed by atoms with Crippen LogP contribution in [-0.4, -0.2) is 34.3 Å². The summed E-state index contributed by atoms with van der Waals surface area (Å²) >= 11 is 0. The summed E-state index contributed by atoms with van der Waals surface area (Å²) in [4.78, 5) is 12.7. The van der Waals surface area contributed by atoms with Gasteiger partial charge in [-0.2, -0.15) is 0 Å². The highest BCUT2D eigenvalue weighted by Crippen LogP contribution is 2.31. The Labute approximate surface area is 153 Å². The highest BCUT2D eigenvalue weighted by Gasteiger charge is 2.23. The Balaban J connectivity index is 2.25. The van der Waals surface area contributed by atoms with Crippen molar-refractivity contribution in [2.24, 2.45) is 0 Å². The smallest absolute Gasteiger partial charge is 0.195 e. The second-order valence-corrected chi connectivity index (χ2v) is 6.39. The minimum Gasteiger partial charge on any atom is -0.508 e. The number of benzene rings is 2. The summed E-state index contributed by atoms with van der Waals surface area (Å²) in [5.74, 6) is -0.0903. The van der Waals surface area contributed by atoms with Gasteiger partial charge in [0.15, 0.2) is 5.78 Å². The monoisotopic (exact) mass is 356 g/mol. The molecule has 5 heteroatoms. The van der Waals surface area contributed by atoms with Crippen molar-refractivity contribution in [3.05, 3.63) is 65.2 Å². The van der Waals surface area contributed by atoms with Gasteiger partial charge in [-0.25, -0.2) is 0 Å². The molecule has 0 amide bonds. The van der Waals surface area contributed by atoms with Gasteiger partial charge in [0.2, 0.25) is 0 Å². The van der Waals surface area contributed by atoms with Gasteiger partial charge in [-0.3, -0.25) is 4.79 Å². The largest absolute Gasteiger partial charge is 0.508 e. The standard InChI is InChI=1S/C21H24O5/c1-13(2)4-7-15-11-17(20(26-3)12-18(15)23)21(25)19(24)10-14-5-8-16(22)9-6-14/h5-6,8-9,11-12,19,22-24H,1,4,7,10H2,2-3H3/t19-/m0/s1. The Morgan fingerprint density at radius 2 is 1.85 bits per heavy atom. The highest BCUT2D eigenvalue weighted by atomic mass is 16.5. The van der Waals surface area contributed by atoms with Crippen molar-refractivity contribution in [2.45, 2.75) is 32.3 Å². The van der Waals surface area contributed by atoms with E-state index in [0.29, 0.717) is 18.4 Å². The molecule has 0 aliphatic heterocycles. The van der Waals surface area contributed by atoms with E-state index in [0.717, 1.165) is 11.1 Å². The number of carbonyl (C=O) groups excluding carboxylic acids is 1. The lowest BCUT2D eigenvalue weighted by Gasteiger charge is -2.15. The van der Waals surface area contributed by atoms with Crippen LogP contribution in [0.15, 0.2) is 48.6 Å². The molecule has 0 aromatic heterocycles. The lowest BCUT2D eigenvalue weighted by molar-refractivity contribution is 0.0744. The quantitative estimate of drug-likeness (QED) is 0.498. The average Bonchev–Trinajstić information content (AvgIpc) is 2.61. The molecule has 2 aromatic carbocycles. The van der Waals surface area contributed by atoms with Gasteiger partial charge < -0.3 is 20.1 Å². The number of phenolic OH excluding ortho intramolecular Hbond substituents is 2. The van der Waals surface area contributed by atoms with Crippen molar-refractivity contribution in [2.75, 3.05) is 7.11 Å². The van der Waals surface area contributed by atoms with Gasteiger partial charge in [0, 0.05) is 12.5 Å². The van der Waals surface area contributed by atoms with E-state index in [1.54, 1.807) is 18.2 Å². The lowest BCUT2D eigenvalue weighted by Crippen LogP contribution is -2.23. The van der Waals surface area contributed by atoms with Gasteiger partial charge in [0.1, 0.15) is 23.4 Å². The van der Waals surface area contributed by atoms with E-state index in [2.05, 4.69) is 6.58 Å². The number of aliphatic hydroxyl groups is 1. The first-order valence-electron chi connectivity index (χ1n) is 8.36. The Kier molecular flexibility index (Phi) is 6.41. The van der Waals surface area contributed by atoms with Gasteiger partial charge >= 0.3 is 0 Å². The summed E-state index contributed by atoms with van der Waals surface area (Å²) in [5, 5.41) is 29.8. The zero-order chi connectivity index (χ0) is 19.3. The van der Waals surface area contributed by atoms with E-state index in [-0.39, 0.29) is 29.2 Å². The molecule has 0 saturated carbocycles. The molecule has 2 aromatic rings. The predicted molar refractivity (Wildman–Crippen MR) is 99.9 cm³/mol. The third-order valence-corrected chi connectivity index (χ3v) is 4.16. The van der Waals surface area contributed by atoms with Crippen molar-refractivity contribution in [1.29, 1.82) is 0 Å². The molecule has 0 heterocycles. The number of carbonyl (C=O) groups is 1. The van der Waals surface area contributed by atoms with E-state index in [4.69, 9.17) is 4.74 Å². The Bertz CT molecular complexity index is 793. The molecule has 0 spiro atoms. The van der Waals surface area contributed by atoms with E-state index in [1.807, 2.05) is 6.92 Å². The van der Waals surface area contributed by atoms with Crippen molar-refractivity contribution < 1.29 is 24.9 Å². The summed E-state index contributed by atoms with van der Waals surface area (Å²) in [5.41, 5.74) is 2.53. The number of aromatic hydroxyl groups is 2. The highest BCUT2D eigenvalue weighted by molar-refractivity contribution is 6.02. The molecule has 0 radical (unpaired) electrons. The Morgan fingerprint density at radius 3 is 2.42 bits per heavy atom. The first-order valence-corrected chi connectivity index (χ1v) is 8.36. The van der Waals surface area contributed by atoms with Crippen LogP contribution in [0.2, 0.25) is 0 Å². The Morgan fingerprint density at radius 1 is 1.19 bits per heavy atom. The zero-order valence-electron chi connectivity index (χ0n) is 15.0. The Hall–Kier alpha value is -2.79. The first kappa shape index (κ1) is 19.5. The number of ether oxygens (including phenoxy) is 1. The number of aryl methyl sites for hydroxylation is 1. The first-order chi connectivity index (χ1) is 12.3. The fourth-order valence-electron chi connectivity index (χ4n) is 2.65. The van der Waals surface area contributed by atoms with Crippen LogP contribution in [0.1, 0.15) is 34.8 Å². The van der Waals surface area contributed by atoms with Gasteiger partial charge in [-0.05, 0) is 49.1 Å². The third-order valence-electron chi connectivity index (χ3n) is 4.16. The maximum absolute atomic E-state index is 12.7. The number of aliphatic hydroxyl groups excluding tert-OH is 1. The van der Waals surface area contributed by atoms with Gasteiger partial charge in [0.05, 0.1) is 12.7 Å². The van der Waals surface area contributed by atoms with Crippen LogP contribution < -0.4 is 4.74 Å². The molecule has 5 nitrogen and oxygen atoms in total. The SMILES string of the molecule is C=C(C)CCc1cc(C(=O)[C@@H](O)Cc2ccc(O)cc2)c(OC)cc1O. The second kappa shape index (κ2) is 8.54. The molecule has 0 saturated heterocycles. The number of hydrogen-bond donors (Lipinski definition) is 3. The van der Waals surface area contributed by atoms with Crippen molar-refractivity contribution in [3.8, 4) is 17.2 Å². The summed E-state index contributed by atoms with van der Waals surface area (Å²) < 4.78 is 5.20. The normalized spacial score (nSPS) is 11.8. The molecular weight excluding hydrogens is 332 g/mol. The van der Waals surface area contributed by atoms with Gasteiger partial charge in [-0.15, -0.1) is 6.58 Å². The van der Waals surface area contributed by atoms with Crippen LogP contribution in [0.4, 0.5) is 0 Å². The molecule has 0 unspecified atom stereocenters. The van der Waals surface area contributed by atoms with E-state index in [9.17, 15) is 20.1 Å². The van der Waals surface area contributed by atoms with Crippen LogP contribution in [0.3, 0.4) is 0 Å². The number of phenols is 2. The molecular formula is C21H24O5. The maximum atomic E-state index is 12.7. The number of methoxy groups -OCH3 is 1. The van der Waals surface area contributed by atoms with Crippen molar-refractivity contribution >= 4 is 5.78 Å². The van der Waals surface area contributed by atoms with Crippen LogP contribution in [-0.2, 0) is 12.8 Å². The molecule has 3 N–H and O–H groups in total. The summed E-state index contributed by atoms with van der Waals surface area (Å²) in [7, 11) is 1.41. The van der Waals surface area contributed by atoms with E-state index < -0.39 is 11.9 Å². The molecule has 0 aliphatic rings. The molecule has 2 rings (SSSR count). The number of rotatable bonds is 8. The minimum absolute atomic E-state index is 0.0488. The molecule has 138 valence electrons. The zero-order valence-corrected chi connectivity index (χ0v) is 15.0. The van der Waals surface area contributed by atoms with Crippen LogP contribution in [0.5, 0.6) is 17.2 Å². The average molecular weight is 356 g/mol. The lowest BCUT2D eigenvalue weighted by atomic mass is 9.95. The third kappa shape index (κ3) is 4.86. The second-order valence-electron chi connectivity index (χ2n) is 6.39. The van der Waals surface area contributed by atoms with E-state index >= 15 is 0 Å². The fraction of sp³-hybridized carbons (Fsp3) is 0.286. The summed E-state index contributed by atoms with van der Waals surface area (Å²) in [6, 6.07) is 9.27. The van der Waals surface area contributed by atoms with E-state index in [1.165, 1.54) is 25.3 Å². The molecule has 0 bridgehead atoms. The van der Waals surface area contributed by atoms with Crippen LogP contribution >= 0.6 is 0 Å². The van der Waals surface area contributed by atoms with Crippen LogP contribution in [0.25, 0.3) is 0 Å². The number of ketones is 1. The minimum atomic E-state index is -1.26. The predicted octanol–water partition coefficient (Wildman–Crippen LogP) is 3.40. The fourth-order valence-corrected chi connectivity index (χ4v) is 2.65. The summed E-state index contributed by atoms with van der Waals surface area (Å²) in [6.45, 7) is 5.74. The number of allylic oxidation sites excluding steroid dienone is 1. The summed E-state index contributed by atoms with van der Waals surface area (Å²) in [6.07, 6.45) is 0.0832. The molecule has 26 heavy (non-hydrogen) atoms. The van der Waals surface area contributed by atoms with Gasteiger partial charge in [0.25, 0.3) is 0 Å². The molecule has 1 atom stereocenters. The van der Waals surface area contributed by atoms with Crippen molar-refractivity contribution in [1.82, 2.24) is 0 Å². The number of hydrogen-bond acceptors (Lipinski definition) is 5. The van der Waals surface area contributed by atoms with Crippen LogP contribution in [0, 0.1) is 0 Å². The molecule has 0 aliphatic carbocycles. The molecule has 0 fully saturated rings. The van der Waals surface area contributed by atoms with Gasteiger partial charge in [-0.1, -0.05) is 17.7 Å². The maximum Gasteiger partial charge on any atom is 0.195 e.